The number of carbonyl (C=O) groups is 2. The van der Waals surface area contributed by atoms with Crippen LogP contribution < -0.4 is 16.0 Å². The third kappa shape index (κ3) is 5.53. The quantitative estimate of drug-likeness (QED) is 0.710. The molecule has 1 aliphatic heterocycles. The second kappa shape index (κ2) is 8.87. The van der Waals surface area contributed by atoms with E-state index in [-0.39, 0.29) is 30.1 Å². The Bertz CT molecular complexity index is 474. The van der Waals surface area contributed by atoms with E-state index in [1.165, 1.54) is 0 Å². The highest BCUT2D eigenvalue weighted by molar-refractivity contribution is 6.30. The van der Waals surface area contributed by atoms with Gasteiger partial charge in [0, 0.05) is 30.2 Å². The minimum atomic E-state index is -0.168. The van der Waals surface area contributed by atoms with E-state index in [4.69, 9.17) is 11.6 Å². The van der Waals surface area contributed by atoms with Crippen LogP contribution in [0, 0.1) is 5.92 Å². The van der Waals surface area contributed by atoms with E-state index in [1.807, 2.05) is 0 Å². The van der Waals surface area contributed by atoms with Crippen molar-refractivity contribution in [2.75, 3.05) is 26.2 Å². The zero-order valence-corrected chi connectivity index (χ0v) is 13.1. The van der Waals surface area contributed by atoms with Gasteiger partial charge in [-0.15, -0.1) is 12.4 Å². The van der Waals surface area contributed by atoms with E-state index in [1.54, 1.807) is 24.3 Å². The number of benzene rings is 1. The number of rotatable bonds is 5. The van der Waals surface area contributed by atoms with Gasteiger partial charge in [-0.1, -0.05) is 11.6 Å². The smallest absolute Gasteiger partial charge is 0.251 e. The van der Waals surface area contributed by atoms with Gasteiger partial charge in [0.25, 0.3) is 5.91 Å². The standard InChI is InChI=1S/C14H18ClN3O2.ClH/c15-12-3-1-10(2-4-12)13(19)17-7-8-18-14(20)11-5-6-16-9-11;/h1-4,11,16H,5-9H2,(H,17,19)(H,18,20);1H. The number of hydrogen-bond donors (Lipinski definition) is 3. The van der Waals surface area contributed by atoms with E-state index in [9.17, 15) is 9.59 Å². The molecule has 1 atom stereocenters. The van der Waals surface area contributed by atoms with Crippen molar-refractivity contribution in [1.82, 2.24) is 16.0 Å². The number of nitrogens with one attached hydrogen (secondary N) is 3. The highest BCUT2D eigenvalue weighted by Crippen LogP contribution is 2.09. The molecular formula is C14H19Cl2N3O2. The Kier molecular flexibility index (Phi) is 7.50. The molecule has 1 aliphatic rings. The summed E-state index contributed by atoms with van der Waals surface area (Å²) in [5, 5.41) is 9.32. The lowest BCUT2D eigenvalue weighted by molar-refractivity contribution is -0.124. The van der Waals surface area contributed by atoms with Crippen molar-refractivity contribution in [2.24, 2.45) is 5.92 Å². The molecule has 3 N–H and O–H groups in total. The van der Waals surface area contributed by atoms with Crippen molar-refractivity contribution in [1.29, 1.82) is 0 Å². The van der Waals surface area contributed by atoms with Gasteiger partial charge in [0.1, 0.15) is 0 Å². The summed E-state index contributed by atoms with van der Waals surface area (Å²) >= 11 is 5.76. The van der Waals surface area contributed by atoms with Crippen LogP contribution in [0.4, 0.5) is 0 Å². The summed E-state index contributed by atoms with van der Waals surface area (Å²) in [4.78, 5) is 23.5. The first-order chi connectivity index (χ1) is 9.66. The molecular weight excluding hydrogens is 313 g/mol. The van der Waals surface area contributed by atoms with E-state index in [0.29, 0.717) is 23.7 Å². The molecule has 1 heterocycles. The Morgan fingerprint density at radius 1 is 1.19 bits per heavy atom. The molecule has 2 rings (SSSR count). The summed E-state index contributed by atoms with van der Waals surface area (Å²) in [6.07, 6.45) is 0.878. The molecule has 2 amide bonds. The summed E-state index contributed by atoms with van der Waals surface area (Å²) in [6.45, 7) is 2.48. The Labute approximate surface area is 135 Å². The maximum absolute atomic E-state index is 11.8. The lowest BCUT2D eigenvalue weighted by Crippen LogP contribution is -2.38. The summed E-state index contributed by atoms with van der Waals surface area (Å²) in [6, 6.07) is 6.68. The molecule has 0 saturated carbocycles. The van der Waals surface area contributed by atoms with E-state index < -0.39 is 0 Å². The van der Waals surface area contributed by atoms with Crippen molar-refractivity contribution in [2.45, 2.75) is 6.42 Å². The molecule has 5 nitrogen and oxygen atoms in total. The lowest BCUT2D eigenvalue weighted by atomic mass is 10.1. The number of hydrogen-bond acceptors (Lipinski definition) is 3. The highest BCUT2D eigenvalue weighted by Gasteiger charge is 2.21. The fourth-order valence-corrected chi connectivity index (χ4v) is 2.21. The van der Waals surface area contributed by atoms with Crippen LogP contribution in [0.3, 0.4) is 0 Å². The first-order valence-corrected chi connectivity index (χ1v) is 7.07. The minimum Gasteiger partial charge on any atom is -0.354 e. The fraction of sp³-hybridized carbons (Fsp3) is 0.429. The molecule has 1 aromatic carbocycles. The minimum absolute atomic E-state index is 0. The third-order valence-electron chi connectivity index (χ3n) is 3.25. The first-order valence-electron chi connectivity index (χ1n) is 6.69. The fourth-order valence-electron chi connectivity index (χ4n) is 2.09. The molecule has 7 heteroatoms. The second-order valence-electron chi connectivity index (χ2n) is 4.74. The van der Waals surface area contributed by atoms with Gasteiger partial charge < -0.3 is 16.0 Å². The molecule has 1 saturated heterocycles. The topological polar surface area (TPSA) is 70.2 Å². The summed E-state index contributed by atoms with van der Waals surface area (Å²) in [5.41, 5.74) is 0.556. The van der Waals surface area contributed by atoms with Gasteiger partial charge in [0.2, 0.25) is 5.91 Å². The average molecular weight is 332 g/mol. The van der Waals surface area contributed by atoms with Gasteiger partial charge >= 0.3 is 0 Å². The Morgan fingerprint density at radius 3 is 2.48 bits per heavy atom. The van der Waals surface area contributed by atoms with E-state index >= 15 is 0 Å². The molecule has 0 spiro atoms. The van der Waals surface area contributed by atoms with Crippen LogP contribution in [0.25, 0.3) is 0 Å². The van der Waals surface area contributed by atoms with Gasteiger partial charge in [0.05, 0.1) is 5.92 Å². The summed E-state index contributed by atoms with van der Waals surface area (Å²) in [7, 11) is 0. The van der Waals surface area contributed by atoms with Gasteiger partial charge in [-0.05, 0) is 37.2 Å². The number of carbonyl (C=O) groups excluding carboxylic acids is 2. The monoisotopic (exact) mass is 331 g/mol. The number of amides is 2. The molecule has 21 heavy (non-hydrogen) atoms. The molecule has 1 unspecified atom stereocenters. The van der Waals surface area contributed by atoms with Crippen LogP contribution in [0.5, 0.6) is 0 Å². The Morgan fingerprint density at radius 2 is 1.86 bits per heavy atom. The molecule has 1 aromatic rings. The van der Waals surface area contributed by atoms with Gasteiger partial charge in [-0.2, -0.15) is 0 Å². The van der Waals surface area contributed by atoms with E-state index in [2.05, 4.69) is 16.0 Å². The predicted molar refractivity (Wildman–Crippen MR) is 85.0 cm³/mol. The second-order valence-corrected chi connectivity index (χ2v) is 5.18. The highest BCUT2D eigenvalue weighted by atomic mass is 35.5. The predicted octanol–water partition coefficient (Wildman–Crippen LogP) is 1.22. The third-order valence-corrected chi connectivity index (χ3v) is 3.50. The first kappa shape index (κ1) is 17.8. The summed E-state index contributed by atoms with van der Waals surface area (Å²) in [5.74, 6) is -0.0591. The Hall–Kier alpha value is -1.30. The zero-order chi connectivity index (χ0) is 14.4. The van der Waals surface area contributed by atoms with Crippen LogP contribution in [-0.2, 0) is 4.79 Å². The van der Waals surface area contributed by atoms with Gasteiger partial charge in [0.15, 0.2) is 0 Å². The van der Waals surface area contributed by atoms with E-state index in [0.717, 1.165) is 19.5 Å². The van der Waals surface area contributed by atoms with Crippen molar-refractivity contribution in [3.63, 3.8) is 0 Å². The van der Waals surface area contributed by atoms with Crippen molar-refractivity contribution < 1.29 is 9.59 Å². The molecule has 0 aromatic heterocycles. The number of halogens is 2. The van der Waals surface area contributed by atoms with Crippen molar-refractivity contribution >= 4 is 35.8 Å². The zero-order valence-electron chi connectivity index (χ0n) is 11.5. The maximum atomic E-state index is 11.8. The molecule has 116 valence electrons. The van der Waals surface area contributed by atoms with Crippen molar-refractivity contribution in [3.8, 4) is 0 Å². The average Bonchev–Trinajstić information content (AvgIpc) is 2.98. The molecule has 0 bridgehead atoms. The largest absolute Gasteiger partial charge is 0.354 e. The maximum Gasteiger partial charge on any atom is 0.251 e. The van der Waals surface area contributed by atoms with Crippen LogP contribution in [0.1, 0.15) is 16.8 Å². The van der Waals surface area contributed by atoms with Crippen LogP contribution in [0.2, 0.25) is 5.02 Å². The normalized spacial score (nSPS) is 16.9. The molecule has 0 aliphatic carbocycles. The van der Waals surface area contributed by atoms with Crippen molar-refractivity contribution in [3.05, 3.63) is 34.9 Å². The van der Waals surface area contributed by atoms with Gasteiger partial charge in [-0.3, -0.25) is 9.59 Å². The van der Waals surface area contributed by atoms with Crippen LogP contribution in [0.15, 0.2) is 24.3 Å². The Balaban J connectivity index is 0.00000220. The summed E-state index contributed by atoms with van der Waals surface area (Å²) < 4.78 is 0. The van der Waals surface area contributed by atoms with Crippen LogP contribution >= 0.6 is 24.0 Å². The molecule has 0 radical (unpaired) electrons. The SMILES string of the molecule is Cl.O=C(NCCNC(=O)C1CCNC1)c1ccc(Cl)cc1. The lowest BCUT2D eigenvalue weighted by Gasteiger charge is -2.10. The molecule has 1 fully saturated rings. The van der Waals surface area contributed by atoms with Gasteiger partial charge in [-0.25, -0.2) is 0 Å². The van der Waals surface area contributed by atoms with Crippen LogP contribution in [-0.4, -0.2) is 38.0 Å².